The number of hydrogen-bond donors (Lipinski definition) is 0. The number of rotatable bonds is 4. The quantitative estimate of drug-likeness (QED) is 0.496. The molecule has 0 aliphatic rings. The van der Waals surface area contributed by atoms with E-state index in [9.17, 15) is 0 Å². The summed E-state index contributed by atoms with van der Waals surface area (Å²) < 4.78 is 9.66. The summed E-state index contributed by atoms with van der Waals surface area (Å²) in [5, 5.41) is 18.2. The van der Waals surface area contributed by atoms with Crippen LogP contribution in [0.1, 0.15) is 22.5 Å². The minimum absolute atomic E-state index is 0.453. The Hall–Kier alpha value is -3.99. The molecular weight excluding hydrogens is 366 g/mol. The lowest BCUT2D eigenvalue weighted by Crippen LogP contribution is -1.97. The molecule has 144 valence electrons. The standard InChI is InChI=1S/C21H19N7O/c1-13-8-16(6-5-7-22)9-14(2)19(13)29-21-18-12-28(17-10-23-27(4)11-17)26-20(18)24-15(3)25-21/h5-6,8-12H,1-4H3/b6-5+. The SMILES string of the molecule is Cc1nc(Oc2c(C)cc(/C=C/C#N)cc2C)c2cn(-c3cnn(C)c3)nc2n1. The molecule has 8 nitrogen and oxygen atoms in total. The Morgan fingerprint density at radius 2 is 1.86 bits per heavy atom. The molecule has 0 aliphatic heterocycles. The second-order valence-corrected chi connectivity index (χ2v) is 6.81. The zero-order valence-corrected chi connectivity index (χ0v) is 16.6. The van der Waals surface area contributed by atoms with Crippen LogP contribution in [-0.2, 0) is 7.05 Å². The number of ether oxygens (including phenoxy) is 1. The molecule has 29 heavy (non-hydrogen) atoms. The predicted molar refractivity (Wildman–Crippen MR) is 109 cm³/mol. The molecule has 0 bridgehead atoms. The molecular formula is C21H19N7O. The summed E-state index contributed by atoms with van der Waals surface area (Å²) in [4.78, 5) is 8.93. The van der Waals surface area contributed by atoms with Crippen molar-refractivity contribution in [3.8, 4) is 23.4 Å². The molecule has 0 radical (unpaired) electrons. The Bertz CT molecular complexity index is 1270. The Labute approximate surface area is 167 Å². The monoisotopic (exact) mass is 385 g/mol. The van der Waals surface area contributed by atoms with Crippen molar-refractivity contribution in [3.05, 3.63) is 59.3 Å². The highest BCUT2D eigenvalue weighted by Gasteiger charge is 2.16. The number of benzene rings is 1. The summed E-state index contributed by atoms with van der Waals surface area (Å²) in [5.74, 6) is 1.76. The van der Waals surface area contributed by atoms with E-state index in [1.807, 2.05) is 58.4 Å². The Balaban J connectivity index is 1.77. The van der Waals surface area contributed by atoms with Crippen LogP contribution in [0.3, 0.4) is 0 Å². The summed E-state index contributed by atoms with van der Waals surface area (Å²) in [5.41, 5.74) is 4.23. The first kappa shape index (κ1) is 18.4. The number of fused-ring (bicyclic) bond motifs is 1. The highest BCUT2D eigenvalue weighted by molar-refractivity contribution is 5.80. The van der Waals surface area contributed by atoms with E-state index in [1.165, 1.54) is 6.08 Å². The summed E-state index contributed by atoms with van der Waals surface area (Å²) >= 11 is 0. The minimum Gasteiger partial charge on any atom is -0.438 e. The van der Waals surface area contributed by atoms with Crippen molar-refractivity contribution in [1.82, 2.24) is 29.5 Å². The second-order valence-electron chi connectivity index (χ2n) is 6.81. The van der Waals surface area contributed by atoms with Crippen LogP contribution in [-0.4, -0.2) is 29.5 Å². The zero-order valence-electron chi connectivity index (χ0n) is 16.6. The summed E-state index contributed by atoms with van der Waals surface area (Å²) in [6.07, 6.45) is 8.67. The van der Waals surface area contributed by atoms with Crippen molar-refractivity contribution < 1.29 is 4.74 Å². The average Bonchev–Trinajstić information content (AvgIpc) is 3.28. The number of aromatic nitrogens is 6. The molecule has 0 saturated heterocycles. The molecule has 8 heteroatoms. The fraction of sp³-hybridized carbons (Fsp3) is 0.190. The normalized spacial score (nSPS) is 11.3. The molecule has 4 aromatic rings. The van der Waals surface area contributed by atoms with Crippen LogP contribution in [0.25, 0.3) is 22.8 Å². The third-order valence-corrected chi connectivity index (χ3v) is 4.44. The number of allylic oxidation sites excluding steroid dienone is 1. The Morgan fingerprint density at radius 1 is 1.10 bits per heavy atom. The second kappa shape index (κ2) is 7.20. The molecule has 0 atom stereocenters. The van der Waals surface area contributed by atoms with Gasteiger partial charge in [0, 0.05) is 19.3 Å². The van der Waals surface area contributed by atoms with Gasteiger partial charge in [-0.3, -0.25) is 4.68 Å². The van der Waals surface area contributed by atoms with Gasteiger partial charge in [-0.1, -0.05) is 0 Å². The number of hydrogen-bond acceptors (Lipinski definition) is 6. The molecule has 3 heterocycles. The van der Waals surface area contributed by atoms with Crippen LogP contribution in [0.5, 0.6) is 11.6 Å². The summed E-state index contributed by atoms with van der Waals surface area (Å²) in [7, 11) is 1.85. The maximum Gasteiger partial charge on any atom is 0.233 e. The first-order valence-corrected chi connectivity index (χ1v) is 9.03. The molecule has 0 saturated carbocycles. The third kappa shape index (κ3) is 3.58. The lowest BCUT2D eigenvalue weighted by atomic mass is 10.1. The van der Waals surface area contributed by atoms with Gasteiger partial charge >= 0.3 is 0 Å². The van der Waals surface area contributed by atoms with E-state index in [4.69, 9.17) is 10.00 Å². The first-order chi connectivity index (χ1) is 13.9. The van der Waals surface area contributed by atoms with Crippen molar-refractivity contribution in [2.75, 3.05) is 0 Å². The topological polar surface area (TPSA) is 94.4 Å². The van der Waals surface area contributed by atoms with Gasteiger partial charge in [0.2, 0.25) is 5.88 Å². The van der Waals surface area contributed by atoms with Crippen LogP contribution < -0.4 is 4.74 Å². The van der Waals surface area contributed by atoms with Crippen molar-refractivity contribution in [2.24, 2.45) is 7.05 Å². The molecule has 0 spiro atoms. The van der Waals surface area contributed by atoms with E-state index in [0.29, 0.717) is 22.7 Å². The lowest BCUT2D eigenvalue weighted by molar-refractivity contribution is 0.459. The van der Waals surface area contributed by atoms with Crippen molar-refractivity contribution in [1.29, 1.82) is 5.26 Å². The third-order valence-electron chi connectivity index (χ3n) is 4.44. The van der Waals surface area contributed by atoms with E-state index in [2.05, 4.69) is 20.2 Å². The highest BCUT2D eigenvalue weighted by atomic mass is 16.5. The van der Waals surface area contributed by atoms with Crippen LogP contribution in [0.15, 0.2) is 36.8 Å². The van der Waals surface area contributed by atoms with Gasteiger partial charge in [-0.2, -0.15) is 15.3 Å². The van der Waals surface area contributed by atoms with E-state index < -0.39 is 0 Å². The van der Waals surface area contributed by atoms with Gasteiger partial charge in [0.25, 0.3) is 0 Å². The molecule has 0 amide bonds. The number of nitriles is 1. The van der Waals surface area contributed by atoms with E-state index in [1.54, 1.807) is 21.6 Å². The zero-order chi connectivity index (χ0) is 20.5. The number of aryl methyl sites for hydroxylation is 4. The first-order valence-electron chi connectivity index (χ1n) is 9.03. The fourth-order valence-corrected chi connectivity index (χ4v) is 3.19. The van der Waals surface area contributed by atoms with E-state index in [0.717, 1.165) is 28.1 Å². The molecule has 0 unspecified atom stereocenters. The van der Waals surface area contributed by atoms with Crippen LogP contribution in [0, 0.1) is 32.1 Å². The van der Waals surface area contributed by atoms with Gasteiger partial charge in [0.1, 0.15) is 22.6 Å². The van der Waals surface area contributed by atoms with Gasteiger partial charge in [0.05, 0.1) is 18.5 Å². The van der Waals surface area contributed by atoms with E-state index >= 15 is 0 Å². The maximum absolute atomic E-state index is 8.74. The van der Waals surface area contributed by atoms with Gasteiger partial charge in [0.15, 0.2) is 5.65 Å². The summed E-state index contributed by atoms with van der Waals surface area (Å²) in [6.45, 7) is 5.75. The van der Waals surface area contributed by atoms with Crippen LogP contribution >= 0.6 is 0 Å². The molecule has 0 aliphatic carbocycles. The van der Waals surface area contributed by atoms with Gasteiger partial charge < -0.3 is 4.74 Å². The van der Waals surface area contributed by atoms with E-state index in [-0.39, 0.29) is 0 Å². The van der Waals surface area contributed by atoms with Crippen molar-refractivity contribution in [2.45, 2.75) is 20.8 Å². The summed E-state index contributed by atoms with van der Waals surface area (Å²) in [6, 6.07) is 5.95. The van der Waals surface area contributed by atoms with Gasteiger partial charge in [-0.05, 0) is 55.7 Å². The highest BCUT2D eigenvalue weighted by Crippen LogP contribution is 2.33. The molecule has 0 N–H and O–H groups in total. The fourth-order valence-electron chi connectivity index (χ4n) is 3.19. The predicted octanol–water partition coefficient (Wildman–Crippen LogP) is 3.80. The average molecular weight is 385 g/mol. The van der Waals surface area contributed by atoms with Crippen molar-refractivity contribution in [3.63, 3.8) is 0 Å². The maximum atomic E-state index is 8.74. The van der Waals surface area contributed by atoms with Crippen LogP contribution in [0.4, 0.5) is 0 Å². The molecule has 1 aromatic carbocycles. The molecule has 0 fully saturated rings. The van der Waals surface area contributed by atoms with Gasteiger partial charge in [-0.15, -0.1) is 5.10 Å². The van der Waals surface area contributed by atoms with Crippen LogP contribution in [0.2, 0.25) is 0 Å². The lowest BCUT2D eigenvalue weighted by Gasteiger charge is -2.13. The van der Waals surface area contributed by atoms with Crippen molar-refractivity contribution >= 4 is 17.1 Å². The Kier molecular flexibility index (Phi) is 4.56. The minimum atomic E-state index is 0.453. The molecule has 4 rings (SSSR count). The number of nitrogens with zero attached hydrogens (tertiary/aromatic N) is 7. The molecule has 3 aromatic heterocycles. The smallest absolute Gasteiger partial charge is 0.233 e. The largest absolute Gasteiger partial charge is 0.438 e. The van der Waals surface area contributed by atoms with Gasteiger partial charge in [-0.25, -0.2) is 9.67 Å². The Morgan fingerprint density at radius 3 is 2.52 bits per heavy atom.